The van der Waals surface area contributed by atoms with Crippen molar-refractivity contribution in [3.8, 4) is 67.1 Å². The van der Waals surface area contributed by atoms with E-state index in [-0.39, 0.29) is 28.4 Å². The van der Waals surface area contributed by atoms with Gasteiger partial charge < -0.3 is 24.3 Å². The van der Waals surface area contributed by atoms with Gasteiger partial charge in [0.2, 0.25) is 0 Å². The maximum Gasteiger partial charge on any atom is 0.252 e. The molecule has 0 saturated heterocycles. The topological polar surface area (TPSA) is 22.2 Å². The third-order valence-corrected chi connectivity index (χ3v) is 24.1. The second kappa shape index (κ2) is 28.5. The second-order valence-corrected chi connectivity index (χ2v) is 36.2. The second-order valence-electron chi connectivity index (χ2n) is 36.2. The van der Waals surface area contributed by atoms with E-state index < -0.39 is 5.41 Å². The summed E-state index contributed by atoms with van der Waals surface area (Å²) in [4.78, 5) is 10.3. The van der Waals surface area contributed by atoms with Gasteiger partial charge in [-0.05, 0) is 197 Å². The van der Waals surface area contributed by atoms with Crippen molar-refractivity contribution in [3.63, 3.8) is 0 Å². The molecule has 0 radical (unpaired) electrons. The molecule has 0 bridgehead atoms. The summed E-state index contributed by atoms with van der Waals surface area (Å²) in [5, 5.41) is 0. The lowest BCUT2D eigenvalue weighted by atomic mass is 9.33. The van der Waals surface area contributed by atoms with Crippen molar-refractivity contribution in [3.05, 3.63) is 379 Å². The van der Waals surface area contributed by atoms with Crippen LogP contribution in [-0.4, -0.2) is 6.71 Å². The van der Waals surface area contributed by atoms with Crippen molar-refractivity contribution in [2.24, 2.45) is 0 Å². The summed E-state index contributed by atoms with van der Waals surface area (Å²) in [5.41, 5.74) is 34.2. The zero-order valence-corrected chi connectivity index (χ0v) is 68.7. The molecule has 0 N–H and O–H groups in total. The van der Waals surface area contributed by atoms with Crippen molar-refractivity contribution in [1.29, 1.82) is 0 Å². The predicted molar refractivity (Wildman–Crippen MR) is 490 cm³/mol. The van der Waals surface area contributed by atoms with Crippen molar-refractivity contribution in [1.82, 2.24) is 0 Å². The fourth-order valence-corrected chi connectivity index (χ4v) is 17.8. The summed E-state index contributed by atoms with van der Waals surface area (Å²) < 4.78 is 6.96. The van der Waals surface area contributed by atoms with Gasteiger partial charge in [-0.25, -0.2) is 0 Å². The highest BCUT2D eigenvalue weighted by molar-refractivity contribution is 7.00. The Bertz CT molecular complexity index is 5610. The predicted octanol–water partition coefficient (Wildman–Crippen LogP) is 28.7. The number of fused-ring (bicyclic) bond motifs is 6. The molecule has 6 heteroatoms. The molecule has 15 aromatic rings. The van der Waals surface area contributed by atoms with E-state index >= 15 is 0 Å². The van der Waals surface area contributed by atoms with E-state index in [9.17, 15) is 0 Å². The van der Waals surface area contributed by atoms with E-state index in [0.717, 1.165) is 147 Å². The van der Waals surface area contributed by atoms with Crippen LogP contribution >= 0.6 is 0 Å². The number of hydrogen-bond acceptors (Lipinski definition) is 5. The van der Waals surface area contributed by atoms with Crippen LogP contribution in [0.5, 0.6) is 11.5 Å². The number of benzene rings is 15. The zero-order valence-electron chi connectivity index (χ0n) is 68.7. The number of para-hydroxylation sites is 3. The number of hydrogen-bond donors (Lipinski definition) is 0. The zero-order chi connectivity index (χ0) is 79.5. The number of ether oxygens (including phenoxy) is 1. The third kappa shape index (κ3) is 13.4. The summed E-state index contributed by atoms with van der Waals surface area (Å²) in [7, 11) is 0. The molecule has 0 aliphatic carbocycles. The molecule has 15 aromatic carbocycles. The molecule has 3 aliphatic heterocycles. The van der Waals surface area contributed by atoms with Gasteiger partial charge in [0.15, 0.2) is 0 Å². The van der Waals surface area contributed by atoms with Gasteiger partial charge >= 0.3 is 0 Å². The van der Waals surface area contributed by atoms with Gasteiger partial charge in [-0.3, -0.25) is 0 Å². The van der Waals surface area contributed by atoms with Crippen LogP contribution in [0.1, 0.15) is 130 Å². The number of anilines is 12. The SMILES string of the molecule is CC(C)(C)c1ccc(N(c2ccc(C(C)(C)C)cc2)c2ccc3c(c2)N(c2c(-c4ccccc4)cccc2-c2ccccc2)c2cc(-c4ccc5c(c4)C(C)(C)c4ccccc4O5)cc4c2B3c2ccc(N(c3ccc(C(C)(C)C)cc3)c3ccc(C(C)(C)C)cc3)cc2N4c2c(-c3ccccc3)cccc2-c2ccccc2)cc1. The molecule has 0 spiro atoms. The fourth-order valence-electron chi connectivity index (χ4n) is 17.8. The summed E-state index contributed by atoms with van der Waals surface area (Å²) >= 11 is 0. The van der Waals surface area contributed by atoms with Crippen LogP contribution < -0.4 is 40.7 Å². The normalized spacial score (nSPS) is 13.4. The molecular weight excluding hydrogens is 1390 g/mol. The lowest BCUT2D eigenvalue weighted by molar-refractivity contribution is 0.418. The molecule has 0 amide bonds. The minimum Gasteiger partial charge on any atom is -0.457 e. The molecule has 0 unspecified atom stereocenters. The first-order chi connectivity index (χ1) is 55.3. The summed E-state index contributed by atoms with van der Waals surface area (Å²) in [6.07, 6.45) is 0. The maximum absolute atomic E-state index is 6.96. The maximum atomic E-state index is 6.96. The lowest BCUT2D eigenvalue weighted by Gasteiger charge is -2.46. The molecule has 564 valence electrons. The highest BCUT2D eigenvalue weighted by Crippen LogP contribution is 2.57. The smallest absolute Gasteiger partial charge is 0.252 e. The fraction of sp³-hybridized carbons (Fsp3) is 0.174. The van der Waals surface area contributed by atoms with Crippen LogP contribution in [0.2, 0.25) is 0 Å². The van der Waals surface area contributed by atoms with E-state index in [1.54, 1.807) is 0 Å². The molecule has 5 nitrogen and oxygen atoms in total. The minimum absolute atomic E-state index is 0.0562. The van der Waals surface area contributed by atoms with Gasteiger partial charge in [-0.15, -0.1) is 0 Å². The Labute approximate surface area is 681 Å². The first-order valence-electron chi connectivity index (χ1n) is 40.8. The highest BCUT2D eigenvalue weighted by atomic mass is 16.5. The number of nitrogens with zero attached hydrogens (tertiary/aromatic N) is 4. The van der Waals surface area contributed by atoms with E-state index in [2.05, 4.69) is 462 Å². The van der Waals surface area contributed by atoms with Crippen LogP contribution in [0.15, 0.2) is 346 Å². The Morgan fingerprint density at radius 2 is 0.574 bits per heavy atom. The Hall–Kier alpha value is -12.6. The van der Waals surface area contributed by atoms with E-state index in [4.69, 9.17) is 4.74 Å². The molecule has 3 heterocycles. The highest BCUT2D eigenvalue weighted by Gasteiger charge is 2.47. The summed E-state index contributed by atoms with van der Waals surface area (Å²) in [6, 6.07) is 131. The molecule has 18 rings (SSSR count). The monoisotopic (exact) mass is 1490 g/mol. The van der Waals surface area contributed by atoms with Crippen molar-refractivity contribution < 1.29 is 4.74 Å². The standard InChI is InChI=1S/C109H99BN4O/c1-105(2,3)78-46-54-82(55-47-78)111(83-56-48-79(49-57-83)106(4,5)6)86-62-64-94-96(70-86)113(103-88(72-31-19-15-20-32-72)39-29-40-89(103)73-33-21-16-22-34-73)98-68-77(76-45-66-101-93(67-76)109(13,14)92-43-27-28-44-100(92)115-101)69-99-102(98)110(94)95-65-63-87(112(84-58-50-80(51-59-84)107(7,8)9)85-60-52-81(53-61-85)108(10,11)12)71-97(95)114(99)104-90(74-35-23-17-24-36-74)41-30-42-91(104)75-37-25-18-26-38-75/h15-71H,1-14H3. The molecule has 0 atom stereocenters. The van der Waals surface area contributed by atoms with E-state index in [1.807, 2.05) is 0 Å². The van der Waals surface area contributed by atoms with Crippen molar-refractivity contribution in [2.75, 3.05) is 19.6 Å². The number of rotatable bonds is 13. The van der Waals surface area contributed by atoms with Gasteiger partial charge in [-0.1, -0.05) is 340 Å². The van der Waals surface area contributed by atoms with Gasteiger partial charge in [0.25, 0.3) is 6.71 Å². The molecule has 0 aromatic heterocycles. The molecule has 0 saturated carbocycles. The third-order valence-electron chi connectivity index (χ3n) is 24.1. The average Bonchev–Trinajstić information content (AvgIpc) is 0.685. The first kappa shape index (κ1) is 73.8. The van der Waals surface area contributed by atoms with Crippen molar-refractivity contribution in [2.45, 2.75) is 124 Å². The Morgan fingerprint density at radius 1 is 0.261 bits per heavy atom. The largest absolute Gasteiger partial charge is 0.457 e. The molecular formula is C109H99BN4O. The van der Waals surface area contributed by atoms with Gasteiger partial charge in [0, 0.05) is 95.7 Å². The molecule has 115 heavy (non-hydrogen) atoms. The van der Waals surface area contributed by atoms with E-state index in [1.165, 1.54) is 38.6 Å². The Kier molecular flexibility index (Phi) is 18.3. The quantitative estimate of drug-likeness (QED) is 0.107. The van der Waals surface area contributed by atoms with Crippen LogP contribution in [-0.2, 0) is 27.1 Å². The first-order valence-corrected chi connectivity index (χ1v) is 40.8. The Morgan fingerprint density at radius 3 is 0.913 bits per heavy atom. The van der Waals surface area contributed by atoms with E-state index in [0.29, 0.717) is 0 Å². The lowest BCUT2D eigenvalue weighted by Crippen LogP contribution is -2.61. The van der Waals surface area contributed by atoms with Gasteiger partial charge in [-0.2, -0.15) is 0 Å². The van der Waals surface area contributed by atoms with Gasteiger partial charge in [0.1, 0.15) is 11.5 Å². The minimum atomic E-state index is -0.410. The van der Waals surface area contributed by atoms with Crippen LogP contribution in [0, 0.1) is 0 Å². The van der Waals surface area contributed by atoms with Crippen molar-refractivity contribution >= 4 is 91.3 Å². The summed E-state index contributed by atoms with van der Waals surface area (Å²) in [6.45, 7) is 32.0. The van der Waals surface area contributed by atoms with Crippen LogP contribution in [0.3, 0.4) is 0 Å². The van der Waals surface area contributed by atoms with Crippen LogP contribution in [0.25, 0.3) is 55.6 Å². The summed E-state index contributed by atoms with van der Waals surface area (Å²) in [5.74, 6) is 1.75. The molecule has 0 fully saturated rings. The van der Waals surface area contributed by atoms with Gasteiger partial charge in [0.05, 0.1) is 11.4 Å². The molecule has 3 aliphatic rings. The average molecular weight is 1490 g/mol. The van der Waals surface area contributed by atoms with Crippen LogP contribution in [0.4, 0.5) is 68.2 Å². The Balaban J connectivity index is 1.01.